The molecule has 0 spiro atoms. The minimum atomic E-state index is -0.354. The number of allylic oxidation sites excluding steroid dienone is 1. The Hall–Kier alpha value is -1.35. The fourth-order valence-electron chi connectivity index (χ4n) is 10.7. The standard InChI is InChI=1S/C41H70BNO6.2CH4/c1-29(2)12-10-13-30(3)34-16-17-35-33-15-14-31-28-32(18-20-40(31,8)36(33)19-21-41(34,35)9)47-37(44)43-23-25-46-27-26-45-24-11-22-42-48-38(4,5)39(6,7)49-42;;/h11,14,22,29-30,32-36H,10,12-13,15-21,23-28H2,1-9H3,(H,43,44);2*1H4/b22-11+;;/t30-,32+,33?,34-,35?,36?,40+,41-;;/m1../s1. The lowest BCUT2D eigenvalue weighted by molar-refractivity contribution is -0.0581. The largest absolute Gasteiger partial charge is 0.486 e. The first-order valence-electron chi connectivity index (χ1n) is 20.0. The van der Waals surface area contributed by atoms with Gasteiger partial charge < -0.3 is 28.8 Å². The number of carbonyl (C=O) groups excluding carboxylic acids is 1. The van der Waals surface area contributed by atoms with E-state index < -0.39 is 0 Å². The summed E-state index contributed by atoms with van der Waals surface area (Å²) in [6.45, 7) is 23.0. The van der Waals surface area contributed by atoms with Crippen LogP contribution >= 0.6 is 0 Å². The molecular formula is C43H78BNO6. The fourth-order valence-corrected chi connectivity index (χ4v) is 10.7. The Bertz CT molecular complexity index is 1150. The summed E-state index contributed by atoms with van der Waals surface area (Å²) in [4.78, 5) is 12.7. The molecular weight excluding hydrogens is 637 g/mol. The molecule has 8 atom stereocenters. The number of carbonyl (C=O) groups is 1. The van der Waals surface area contributed by atoms with Crippen molar-refractivity contribution in [2.75, 3.05) is 33.0 Å². The maximum Gasteiger partial charge on any atom is 0.486 e. The van der Waals surface area contributed by atoms with Crippen LogP contribution in [0.25, 0.3) is 0 Å². The van der Waals surface area contributed by atoms with Gasteiger partial charge in [0.1, 0.15) is 6.10 Å². The van der Waals surface area contributed by atoms with Crippen molar-refractivity contribution >= 4 is 13.2 Å². The van der Waals surface area contributed by atoms with Crippen LogP contribution in [-0.2, 0) is 23.5 Å². The number of nitrogens with one attached hydrogen (secondary N) is 1. The van der Waals surface area contributed by atoms with E-state index in [4.69, 9.17) is 23.5 Å². The maximum atomic E-state index is 12.7. The Morgan fingerprint density at radius 2 is 1.63 bits per heavy atom. The molecule has 8 heteroatoms. The Balaban J connectivity index is 0.00000351. The van der Waals surface area contributed by atoms with Crippen molar-refractivity contribution in [3.63, 3.8) is 0 Å². The van der Waals surface area contributed by atoms with Crippen LogP contribution in [0, 0.1) is 46.3 Å². The van der Waals surface area contributed by atoms with Gasteiger partial charge in [0.05, 0.1) is 37.6 Å². The number of hydrogen-bond acceptors (Lipinski definition) is 6. The highest BCUT2D eigenvalue weighted by molar-refractivity contribution is 6.51. The van der Waals surface area contributed by atoms with Crippen molar-refractivity contribution < 1.29 is 28.3 Å². The third kappa shape index (κ3) is 10.0. The first-order valence-corrected chi connectivity index (χ1v) is 20.0. The van der Waals surface area contributed by atoms with Crippen LogP contribution in [0.1, 0.15) is 148 Å². The highest BCUT2D eigenvalue weighted by Gasteiger charge is 2.59. The molecule has 1 N–H and O–H groups in total. The predicted molar refractivity (Wildman–Crippen MR) is 212 cm³/mol. The lowest BCUT2D eigenvalue weighted by atomic mass is 9.47. The molecule has 0 aromatic heterocycles. The summed E-state index contributed by atoms with van der Waals surface area (Å²) in [5, 5.41) is 2.89. The second-order valence-electron chi connectivity index (χ2n) is 18.2. The number of ether oxygens (including phenoxy) is 3. The molecule has 0 radical (unpaired) electrons. The van der Waals surface area contributed by atoms with Gasteiger partial charge in [0.15, 0.2) is 0 Å². The molecule has 1 aliphatic heterocycles. The van der Waals surface area contributed by atoms with Crippen LogP contribution in [0.5, 0.6) is 0 Å². The van der Waals surface area contributed by atoms with Gasteiger partial charge in [0.25, 0.3) is 0 Å². The van der Waals surface area contributed by atoms with Crippen LogP contribution < -0.4 is 5.32 Å². The molecule has 0 aromatic rings. The summed E-state index contributed by atoms with van der Waals surface area (Å²) in [5.74, 6) is 6.93. The minimum Gasteiger partial charge on any atom is -0.446 e. The van der Waals surface area contributed by atoms with Gasteiger partial charge in [-0.15, -0.1) is 0 Å². The summed E-state index contributed by atoms with van der Waals surface area (Å²) in [6.07, 6.45) is 18.1. The number of rotatable bonds is 15. The molecule has 51 heavy (non-hydrogen) atoms. The van der Waals surface area contributed by atoms with Crippen molar-refractivity contribution in [1.29, 1.82) is 0 Å². The van der Waals surface area contributed by atoms with Crippen LogP contribution in [-0.4, -0.2) is 63.5 Å². The number of fused-ring (bicyclic) bond motifs is 5. The fraction of sp³-hybridized carbons (Fsp3) is 0.884. The molecule has 4 aliphatic carbocycles. The molecule has 3 unspecified atom stereocenters. The van der Waals surface area contributed by atoms with Gasteiger partial charge in [0.2, 0.25) is 0 Å². The molecule has 1 heterocycles. The average molecular weight is 716 g/mol. The van der Waals surface area contributed by atoms with Gasteiger partial charge in [-0.05, 0) is 119 Å². The quantitative estimate of drug-likeness (QED) is 0.103. The minimum absolute atomic E-state index is 0. The second-order valence-corrected chi connectivity index (χ2v) is 18.2. The van der Waals surface area contributed by atoms with Gasteiger partial charge in [-0.2, -0.15) is 0 Å². The predicted octanol–water partition coefficient (Wildman–Crippen LogP) is 10.6. The summed E-state index contributed by atoms with van der Waals surface area (Å²) >= 11 is 0. The van der Waals surface area contributed by atoms with Gasteiger partial charge in [-0.1, -0.05) is 92.4 Å². The third-order valence-electron chi connectivity index (χ3n) is 14.2. The summed E-state index contributed by atoms with van der Waals surface area (Å²) < 4.78 is 29.1. The smallest absolute Gasteiger partial charge is 0.446 e. The topological polar surface area (TPSA) is 75.3 Å². The van der Waals surface area contributed by atoms with E-state index in [1.807, 2.05) is 39.7 Å². The lowest BCUT2D eigenvalue weighted by Gasteiger charge is -2.58. The molecule has 1 amide bonds. The molecule has 7 nitrogen and oxygen atoms in total. The van der Waals surface area contributed by atoms with Gasteiger partial charge in [-0.25, -0.2) is 4.79 Å². The lowest BCUT2D eigenvalue weighted by Crippen LogP contribution is -2.51. The summed E-state index contributed by atoms with van der Waals surface area (Å²) in [7, 11) is -0.354. The van der Waals surface area contributed by atoms with E-state index in [1.54, 1.807) is 5.57 Å². The highest BCUT2D eigenvalue weighted by Crippen LogP contribution is 2.67. The molecule has 294 valence electrons. The number of amides is 1. The van der Waals surface area contributed by atoms with Gasteiger partial charge in [0, 0.05) is 13.0 Å². The number of alkyl carbamates (subject to hydrolysis) is 1. The summed E-state index contributed by atoms with van der Waals surface area (Å²) in [6, 6.07) is 0. The molecule has 0 aromatic carbocycles. The summed E-state index contributed by atoms with van der Waals surface area (Å²) in [5.41, 5.74) is 1.67. The van der Waals surface area contributed by atoms with Crippen molar-refractivity contribution in [2.45, 2.75) is 165 Å². The Kier molecular flexibility index (Phi) is 15.8. The SMILES string of the molecule is C.C.CC(C)CCC[C@@H](C)[C@H]1CCC2C3CC=C4C[C@@H](OC(=O)NCCOCCOC/C=C/B5OC(C)(C)C(C)(C)O5)CC[C@]4(C)C3CC[C@@]21C. The van der Waals surface area contributed by atoms with E-state index in [2.05, 4.69) is 46.0 Å². The molecule has 3 saturated carbocycles. The zero-order valence-corrected chi connectivity index (χ0v) is 32.6. The van der Waals surface area contributed by atoms with E-state index in [0.29, 0.717) is 38.4 Å². The van der Waals surface area contributed by atoms with Crippen molar-refractivity contribution in [3.05, 3.63) is 23.7 Å². The van der Waals surface area contributed by atoms with Crippen molar-refractivity contribution in [1.82, 2.24) is 5.32 Å². The zero-order chi connectivity index (χ0) is 35.5. The Morgan fingerprint density at radius 3 is 2.33 bits per heavy atom. The number of hydrogen-bond donors (Lipinski definition) is 1. The van der Waals surface area contributed by atoms with E-state index in [-0.39, 0.29) is 50.8 Å². The Morgan fingerprint density at radius 1 is 0.922 bits per heavy atom. The van der Waals surface area contributed by atoms with Gasteiger partial charge >= 0.3 is 13.2 Å². The van der Waals surface area contributed by atoms with Crippen LogP contribution in [0.3, 0.4) is 0 Å². The normalized spacial score (nSPS) is 34.1. The average Bonchev–Trinajstić information content (AvgIpc) is 3.48. The van der Waals surface area contributed by atoms with Crippen molar-refractivity contribution in [2.24, 2.45) is 46.3 Å². The first-order chi connectivity index (χ1) is 23.2. The van der Waals surface area contributed by atoms with Gasteiger partial charge in [-0.3, -0.25) is 0 Å². The first kappa shape index (κ1) is 44.1. The monoisotopic (exact) mass is 716 g/mol. The van der Waals surface area contributed by atoms with Crippen LogP contribution in [0.2, 0.25) is 0 Å². The molecule has 0 bridgehead atoms. The second kappa shape index (κ2) is 18.3. The van der Waals surface area contributed by atoms with Crippen LogP contribution in [0.15, 0.2) is 23.7 Å². The maximum absolute atomic E-state index is 12.7. The van der Waals surface area contributed by atoms with E-state index in [1.165, 1.54) is 51.4 Å². The van der Waals surface area contributed by atoms with E-state index in [9.17, 15) is 4.79 Å². The molecule has 1 saturated heterocycles. The highest BCUT2D eigenvalue weighted by atomic mass is 16.7. The molecule has 5 rings (SSSR count). The van der Waals surface area contributed by atoms with E-state index >= 15 is 0 Å². The third-order valence-corrected chi connectivity index (χ3v) is 14.2. The van der Waals surface area contributed by atoms with Crippen molar-refractivity contribution in [3.8, 4) is 0 Å². The van der Waals surface area contributed by atoms with E-state index in [0.717, 1.165) is 54.8 Å². The Labute approximate surface area is 314 Å². The zero-order valence-electron chi connectivity index (χ0n) is 32.6. The molecule has 4 fully saturated rings. The van der Waals surface area contributed by atoms with Crippen LogP contribution in [0.4, 0.5) is 4.79 Å². The molecule has 5 aliphatic rings.